The lowest BCUT2D eigenvalue weighted by Crippen LogP contribution is -2.24. The number of hydrazone groups is 1. The maximum Gasteiger partial charge on any atom is 0.277 e. The molecule has 1 amide bonds. The molecule has 0 fully saturated rings. The molecular weight excluding hydrogens is 360 g/mol. The Hall–Kier alpha value is -2.08. The average molecular weight is 379 g/mol. The summed E-state index contributed by atoms with van der Waals surface area (Å²) in [6.45, 7) is 5.96. The lowest BCUT2D eigenvalue weighted by Gasteiger charge is -2.10. The van der Waals surface area contributed by atoms with Gasteiger partial charge < -0.3 is 9.15 Å². The molecule has 1 aromatic carbocycles. The van der Waals surface area contributed by atoms with Crippen molar-refractivity contribution >= 4 is 28.1 Å². The summed E-state index contributed by atoms with van der Waals surface area (Å²) in [5.74, 6) is 2.08. The van der Waals surface area contributed by atoms with Crippen molar-refractivity contribution in [2.75, 3.05) is 6.61 Å². The first-order chi connectivity index (χ1) is 11.0. The number of amides is 1. The van der Waals surface area contributed by atoms with Crippen LogP contribution in [0.15, 0.2) is 44.3 Å². The zero-order valence-corrected chi connectivity index (χ0v) is 14.9. The maximum atomic E-state index is 11.7. The van der Waals surface area contributed by atoms with Gasteiger partial charge in [-0.25, -0.2) is 5.43 Å². The molecule has 0 aliphatic rings. The predicted molar refractivity (Wildman–Crippen MR) is 92.9 cm³/mol. The van der Waals surface area contributed by atoms with E-state index in [4.69, 9.17) is 9.15 Å². The van der Waals surface area contributed by atoms with Crippen molar-refractivity contribution < 1.29 is 13.9 Å². The lowest BCUT2D eigenvalue weighted by molar-refractivity contribution is -0.123. The molecule has 2 aromatic rings. The van der Waals surface area contributed by atoms with Crippen LogP contribution in [0.25, 0.3) is 0 Å². The molecule has 0 spiro atoms. The third kappa shape index (κ3) is 5.25. The first-order valence-corrected chi connectivity index (χ1v) is 8.05. The summed E-state index contributed by atoms with van der Waals surface area (Å²) in [6.07, 6.45) is 1.44. The van der Waals surface area contributed by atoms with Gasteiger partial charge in [-0.1, -0.05) is 19.9 Å². The van der Waals surface area contributed by atoms with Crippen LogP contribution >= 0.6 is 15.9 Å². The molecule has 1 N–H and O–H groups in total. The topological polar surface area (TPSA) is 63.8 Å². The second-order valence-corrected chi connectivity index (χ2v) is 6.23. The number of ether oxygens (including phenoxy) is 1. The van der Waals surface area contributed by atoms with Gasteiger partial charge in [0.25, 0.3) is 5.91 Å². The van der Waals surface area contributed by atoms with Crippen LogP contribution in [0.1, 0.15) is 36.8 Å². The minimum atomic E-state index is -0.343. The van der Waals surface area contributed by atoms with Crippen LogP contribution in [0.5, 0.6) is 5.75 Å². The first-order valence-electron chi connectivity index (χ1n) is 7.26. The molecule has 0 saturated carbocycles. The Morgan fingerprint density at radius 3 is 2.78 bits per heavy atom. The van der Waals surface area contributed by atoms with Crippen molar-refractivity contribution in [3.05, 3.63) is 51.9 Å². The summed E-state index contributed by atoms with van der Waals surface area (Å²) in [5.41, 5.74) is 3.59. The zero-order chi connectivity index (χ0) is 16.8. The fourth-order valence-electron chi connectivity index (χ4n) is 1.86. The standard InChI is InChI=1S/C17H19BrN2O3/c1-11(2)13-5-7-16(15(18)8-13)22-10-17(21)20-19-9-14-6-4-12(3)23-14/h4-9,11H,10H2,1-3H3,(H,20,21)/b19-9+. The van der Waals surface area contributed by atoms with Gasteiger partial charge in [0, 0.05) is 0 Å². The van der Waals surface area contributed by atoms with Crippen LogP contribution in [0.3, 0.4) is 0 Å². The van der Waals surface area contributed by atoms with Gasteiger partial charge in [-0.15, -0.1) is 0 Å². The molecule has 2 rings (SSSR count). The fraction of sp³-hybridized carbons (Fsp3) is 0.294. The molecule has 0 saturated heterocycles. The van der Waals surface area contributed by atoms with Crippen molar-refractivity contribution in [1.29, 1.82) is 0 Å². The van der Waals surface area contributed by atoms with Crippen LogP contribution < -0.4 is 10.2 Å². The third-order valence-electron chi connectivity index (χ3n) is 3.12. The summed E-state index contributed by atoms with van der Waals surface area (Å²) < 4.78 is 11.6. The largest absolute Gasteiger partial charge is 0.483 e. The Bertz CT molecular complexity index is 708. The van der Waals surface area contributed by atoms with E-state index in [2.05, 4.69) is 40.3 Å². The van der Waals surface area contributed by atoms with Gasteiger partial charge in [0.2, 0.25) is 0 Å². The highest BCUT2D eigenvalue weighted by atomic mass is 79.9. The van der Waals surface area contributed by atoms with Gasteiger partial charge in [-0.2, -0.15) is 5.10 Å². The van der Waals surface area contributed by atoms with E-state index in [9.17, 15) is 4.79 Å². The van der Waals surface area contributed by atoms with Crippen LogP contribution in [-0.4, -0.2) is 18.7 Å². The minimum absolute atomic E-state index is 0.117. The number of carbonyl (C=O) groups excluding carboxylic acids is 1. The SMILES string of the molecule is Cc1ccc(/C=N/NC(=O)COc2ccc(C(C)C)cc2Br)o1. The molecule has 0 aliphatic carbocycles. The smallest absolute Gasteiger partial charge is 0.277 e. The van der Waals surface area contributed by atoms with Crippen LogP contribution in [0, 0.1) is 6.92 Å². The van der Waals surface area contributed by atoms with E-state index in [1.54, 1.807) is 6.07 Å². The number of aryl methyl sites for hydroxylation is 1. The average Bonchev–Trinajstić information content (AvgIpc) is 2.91. The Labute approximate surface area is 143 Å². The predicted octanol–water partition coefficient (Wildman–Crippen LogP) is 4.00. The zero-order valence-electron chi connectivity index (χ0n) is 13.3. The summed E-state index contributed by atoms with van der Waals surface area (Å²) in [7, 11) is 0. The van der Waals surface area contributed by atoms with E-state index < -0.39 is 0 Å². The van der Waals surface area contributed by atoms with Gasteiger partial charge >= 0.3 is 0 Å². The van der Waals surface area contributed by atoms with Crippen LogP contribution in [0.2, 0.25) is 0 Å². The molecule has 0 aliphatic heterocycles. The monoisotopic (exact) mass is 378 g/mol. The van der Waals surface area contributed by atoms with Gasteiger partial charge in [0.05, 0.1) is 10.7 Å². The summed E-state index contributed by atoms with van der Waals surface area (Å²) in [6, 6.07) is 9.43. The Morgan fingerprint density at radius 1 is 1.39 bits per heavy atom. The molecule has 1 heterocycles. The molecule has 0 radical (unpaired) electrons. The molecule has 6 heteroatoms. The summed E-state index contributed by atoms with van der Waals surface area (Å²) >= 11 is 3.45. The Balaban J connectivity index is 1.83. The van der Waals surface area contributed by atoms with E-state index in [1.807, 2.05) is 31.2 Å². The third-order valence-corrected chi connectivity index (χ3v) is 3.74. The number of furan rings is 1. The highest BCUT2D eigenvalue weighted by Gasteiger charge is 2.07. The van der Waals surface area contributed by atoms with E-state index >= 15 is 0 Å². The molecule has 1 aromatic heterocycles. The molecule has 122 valence electrons. The highest BCUT2D eigenvalue weighted by molar-refractivity contribution is 9.10. The van der Waals surface area contributed by atoms with Crippen LogP contribution in [0.4, 0.5) is 0 Å². The second kappa shape index (κ2) is 7.97. The number of hydrogen-bond donors (Lipinski definition) is 1. The van der Waals surface area contributed by atoms with E-state index in [-0.39, 0.29) is 12.5 Å². The van der Waals surface area contributed by atoms with Crippen molar-refractivity contribution in [3.8, 4) is 5.75 Å². The molecule has 0 bridgehead atoms. The van der Waals surface area contributed by atoms with E-state index in [1.165, 1.54) is 11.8 Å². The number of nitrogens with one attached hydrogen (secondary N) is 1. The highest BCUT2D eigenvalue weighted by Crippen LogP contribution is 2.28. The minimum Gasteiger partial charge on any atom is -0.483 e. The lowest BCUT2D eigenvalue weighted by atomic mass is 10.0. The van der Waals surface area contributed by atoms with Crippen molar-refractivity contribution in [2.24, 2.45) is 5.10 Å². The van der Waals surface area contributed by atoms with Gasteiger partial charge in [0.15, 0.2) is 6.61 Å². The van der Waals surface area contributed by atoms with Crippen molar-refractivity contribution in [1.82, 2.24) is 5.43 Å². The number of hydrogen-bond acceptors (Lipinski definition) is 4. The number of halogens is 1. The molecular formula is C17H19BrN2O3. The number of benzene rings is 1. The number of rotatable bonds is 6. The van der Waals surface area contributed by atoms with Crippen LogP contribution in [-0.2, 0) is 4.79 Å². The number of nitrogens with zero attached hydrogens (tertiary/aromatic N) is 1. The Morgan fingerprint density at radius 2 is 2.17 bits per heavy atom. The van der Waals surface area contributed by atoms with Crippen molar-refractivity contribution in [3.63, 3.8) is 0 Å². The maximum absolute atomic E-state index is 11.7. The van der Waals surface area contributed by atoms with Gasteiger partial charge in [-0.05, 0) is 58.6 Å². The summed E-state index contributed by atoms with van der Waals surface area (Å²) in [5, 5.41) is 3.82. The van der Waals surface area contributed by atoms with Gasteiger partial charge in [0.1, 0.15) is 17.3 Å². The summed E-state index contributed by atoms with van der Waals surface area (Å²) in [4.78, 5) is 11.7. The second-order valence-electron chi connectivity index (χ2n) is 5.37. The van der Waals surface area contributed by atoms with Crippen molar-refractivity contribution in [2.45, 2.75) is 26.7 Å². The quantitative estimate of drug-likeness (QED) is 0.610. The molecule has 0 unspecified atom stereocenters. The fourth-order valence-corrected chi connectivity index (χ4v) is 2.37. The molecule has 5 nitrogen and oxygen atoms in total. The molecule has 23 heavy (non-hydrogen) atoms. The Kier molecular flexibility index (Phi) is 5.98. The van der Waals surface area contributed by atoms with E-state index in [0.717, 1.165) is 10.2 Å². The number of carbonyl (C=O) groups is 1. The van der Waals surface area contributed by atoms with Gasteiger partial charge in [-0.3, -0.25) is 4.79 Å². The molecule has 0 atom stereocenters. The van der Waals surface area contributed by atoms with E-state index in [0.29, 0.717) is 17.4 Å². The normalized spacial score (nSPS) is 11.2. The first kappa shape index (κ1) is 17.3.